The highest BCUT2D eigenvalue weighted by molar-refractivity contribution is 5.67. The van der Waals surface area contributed by atoms with Crippen molar-refractivity contribution in [1.82, 2.24) is 10.2 Å². The maximum Gasteiger partial charge on any atom is 0.407 e. The van der Waals surface area contributed by atoms with Gasteiger partial charge in [0.05, 0.1) is 13.2 Å². The molecule has 1 fully saturated rings. The normalized spacial score (nSPS) is 15.3. The molecule has 0 bridgehead atoms. The summed E-state index contributed by atoms with van der Waals surface area (Å²) in [6, 6.07) is 0. The average molecular weight is 375 g/mol. The number of rotatable bonds is 15. The predicted octanol–water partition coefficient (Wildman–Crippen LogP) is 1.91. The summed E-state index contributed by atoms with van der Waals surface area (Å²) < 4.78 is 11.1. The number of likely N-dealkylation sites (tertiary alicyclic amines) is 1. The Morgan fingerprint density at radius 2 is 1.62 bits per heavy atom. The van der Waals surface area contributed by atoms with Crippen LogP contribution < -0.4 is 5.32 Å². The molecule has 1 heterocycles. The van der Waals surface area contributed by atoms with Crippen molar-refractivity contribution in [3.05, 3.63) is 0 Å². The minimum absolute atomic E-state index is 0.157. The maximum absolute atomic E-state index is 11.9. The third-order valence-electron chi connectivity index (χ3n) is 4.66. The molecule has 0 unspecified atom stereocenters. The van der Waals surface area contributed by atoms with E-state index in [2.05, 4.69) is 10.2 Å². The lowest BCUT2D eigenvalue weighted by molar-refractivity contribution is 0.0739. The molecule has 0 saturated carbocycles. The van der Waals surface area contributed by atoms with Gasteiger partial charge in [-0.3, -0.25) is 0 Å². The Hall–Kier alpha value is -0.890. The molecule has 0 aliphatic carbocycles. The van der Waals surface area contributed by atoms with Gasteiger partial charge in [-0.05, 0) is 64.5 Å². The molecule has 0 aromatic carbocycles. The number of nitrogens with zero attached hydrogens (tertiary/aromatic N) is 1. The molecule has 1 saturated heterocycles. The van der Waals surface area contributed by atoms with Crippen LogP contribution in [0.25, 0.3) is 0 Å². The first-order chi connectivity index (χ1) is 12.8. The molecule has 7 nitrogen and oxygen atoms in total. The van der Waals surface area contributed by atoms with E-state index in [-0.39, 0.29) is 19.3 Å². The third-order valence-corrected chi connectivity index (χ3v) is 4.66. The van der Waals surface area contributed by atoms with E-state index < -0.39 is 6.09 Å². The number of unbranched alkanes of at least 4 members (excludes halogenated alkanes) is 2. The number of carbonyl (C=O) groups is 1. The summed E-state index contributed by atoms with van der Waals surface area (Å²) >= 11 is 0. The van der Waals surface area contributed by atoms with Gasteiger partial charge in [-0.2, -0.15) is 0 Å². The smallest absolute Gasteiger partial charge is 0.407 e. The van der Waals surface area contributed by atoms with Crippen LogP contribution in [-0.2, 0) is 9.47 Å². The lowest BCUT2D eigenvalue weighted by Gasteiger charge is -2.26. The van der Waals surface area contributed by atoms with Gasteiger partial charge in [-0.15, -0.1) is 0 Å². The van der Waals surface area contributed by atoms with Gasteiger partial charge in [0.1, 0.15) is 6.10 Å². The second-order valence-corrected chi connectivity index (χ2v) is 6.91. The standard InChI is InChI=1S/C19H38N2O5/c22-14-6-2-8-18(9-3-7-15-23)26-19(24)20-10-16-25-17-13-21-11-4-1-5-12-21/h18,22-23H,1-17H2,(H,20,24). The molecule has 0 aromatic rings. The summed E-state index contributed by atoms with van der Waals surface area (Å²) in [5, 5.41) is 20.5. The zero-order valence-corrected chi connectivity index (χ0v) is 16.2. The van der Waals surface area contributed by atoms with Crippen LogP contribution in [0.4, 0.5) is 4.79 Å². The quantitative estimate of drug-likeness (QED) is 0.379. The maximum atomic E-state index is 11.9. The third kappa shape index (κ3) is 12.5. The van der Waals surface area contributed by atoms with Crippen LogP contribution in [-0.4, -0.2) is 79.9 Å². The fraction of sp³-hybridized carbons (Fsp3) is 0.947. The van der Waals surface area contributed by atoms with Crippen molar-refractivity contribution in [1.29, 1.82) is 0 Å². The van der Waals surface area contributed by atoms with E-state index in [9.17, 15) is 4.79 Å². The number of amides is 1. The van der Waals surface area contributed by atoms with E-state index in [1.807, 2.05) is 0 Å². The minimum Gasteiger partial charge on any atom is -0.446 e. The van der Waals surface area contributed by atoms with Gasteiger partial charge in [0, 0.05) is 26.3 Å². The number of hydrogen-bond donors (Lipinski definition) is 3. The monoisotopic (exact) mass is 374 g/mol. The minimum atomic E-state index is -0.414. The summed E-state index contributed by atoms with van der Waals surface area (Å²) in [7, 11) is 0. The summed E-state index contributed by atoms with van der Waals surface area (Å²) in [6.07, 6.45) is 7.90. The Balaban J connectivity index is 2.06. The number of piperidine rings is 1. The van der Waals surface area contributed by atoms with E-state index >= 15 is 0 Å². The zero-order chi connectivity index (χ0) is 18.9. The molecule has 1 aliphatic rings. The van der Waals surface area contributed by atoms with Crippen molar-refractivity contribution in [2.75, 3.05) is 52.6 Å². The number of alkyl carbamates (subject to hydrolysis) is 1. The van der Waals surface area contributed by atoms with Crippen molar-refractivity contribution in [3.63, 3.8) is 0 Å². The van der Waals surface area contributed by atoms with Gasteiger partial charge < -0.3 is 29.9 Å². The number of nitrogens with one attached hydrogen (secondary N) is 1. The molecule has 26 heavy (non-hydrogen) atoms. The molecule has 0 aromatic heterocycles. The molecule has 7 heteroatoms. The van der Waals surface area contributed by atoms with Crippen LogP contribution in [0.5, 0.6) is 0 Å². The van der Waals surface area contributed by atoms with Crippen molar-refractivity contribution in [2.45, 2.75) is 63.9 Å². The zero-order valence-electron chi connectivity index (χ0n) is 16.2. The van der Waals surface area contributed by atoms with Crippen LogP contribution in [0, 0.1) is 0 Å². The molecule has 1 aliphatic heterocycles. The Morgan fingerprint density at radius 1 is 0.962 bits per heavy atom. The van der Waals surface area contributed by atoms with Crippen molar-refractivity contribution in [2.24, 2.45) is 0 Å². The van der Waals surface area contributed by atoms with Gasteiger partial charge in [0.15, 0.2) is 0 Å². The van der Waals surface area contributed by atoms with E-state index in [0.717, 1.165) is 32.2 Å². The Kier molecular flexibility index (Phi) is 14.5. The Bertz CT molecular complexity index is 328. The molecule has 0 spiro atoms. The number of ether oxygens (including phenoxy) is 2. The van der Waals surface area contributed by atoms with Crippen molar-refractivity contribution < 1.29 is 24.5 Å². The number of aliphatic hydroxyl groups is 2. The molecule has 3 N–H and O–H groups in total. The fourth-order valence-electron chi connectivity index (χ4n) is 3.13. The molecular weight excluding hydrogens is 336 g/mol. The van der Waals surface area contributed by atoms with Gasteiger partial charge in [-0.25, -0.2) is 4.79 Å². The first-order valence-electron chi connectivity index (χ1n) is 10.2. The fourth-order valence-corrected chi connectivity index (χ4v) is 3.13. The van der Waals surface area contributed by atoms with Crippen molar-refractivity contribution >= 4 is 6.09 Å². The number of aliphatic hydroxyl groups excluding tert-OH is 2. The van der Waals surface area contributed by atoms with Gasteiger partial charge in [0.25, 0.3) is 0 Å². The summed E-state index contributed by atoms with van der Waals surface area (Å²) in [4.78, 5) is 14.3. The second-order valence-electron chi connectivity index (χ2n) is 6.91. The first kappa shape index (κ1) is 23.1. The van der Waals surface area contributed by atoms with Crippen LogP contribution in [0.3, 0.4) is 0 Å². The van der Waals surface area contributed by atoms with Crippen LogP contribution >= 0.6 is 0 Å². The van der Waals surface area contributed by atoms with Crippen LogP contribution in [0.15, 0.2) is 0 Å². The van der Waals surface area contributed by atoms with E-state index in [0.29, 0.717) is 32.6 Å². The van der Waals surface area contributed by atoms with Crippen molar-refractivity contribution in [3.8, 4) is 0 Å². The highest BCUT2D eigenvalue weighted by atomic mass is 16.6. The summed E-state index contributed by atoms with van der Waals surface area (Å²) in [5.41, 5.74) is 0. The highest BCUT2D eigenvalue weighted by Crippen LogP contribution is 2.13. The first-order valence-corrected chi connectivity index (χ1v) is 10.2. The van der Waals surface area contributed by atoms with E-state index in [1.165, 1.54) is 32.4 Å². The molecule has 0 atom stereocenters. The van der Waals surface area contributed by atoms with Gasteiger partial charge >= 0.3 is 6.09 Å². The Labute approximate surface area is 158 Å². The van der Waals surface area contributed by atoms with Crippen LogP contribution in [0.2, 0.25) is 0 Å². The SMILES string of the molecule is O=C(NCCOCCN1CCCCC1)OC(CCCCO)CCCCO. The predicted molar refractivity (Wildman–Crippen MR) is 101 cm³/mol. The van der Waals surface area contributed by atoms with E-state index in [4.69, 9.17) is 19.7 Å². The lowest BCUT2D eigenvalue weighted by atomic mass is 10.1. The summed E-state index contributed by atoms with van der Waals surface area (Å²) in [6.45, 7) is 5.24. The lowest BCUT2D eigenvalue weighted by Crippen LogP contribution is -2.34. The topological polar surface area (TPSA) is 91.3 Å². The van der Waals surface area contributed by atoms with E-state index in [1.54, 1.807) is 0 Å². The van der Waals surface area contributed by atoms with Crippen LogP contribution in [0.1, 0.15) is 57.8 Å². The number of hydrogen-bond acceptors (Lipinski definition) is 6. The molecule has 0 radical (unpaired) electrons. The molecule has 1 amide bonds. The number of carbonyl (C=O) groups excluding carboxylic acids is 1. The largest absolute Gasteiger partial charge is 0.446 e. The molecule has 154 valence electrons. The molecule has 1 rings (SSSR count). The highest BCUT2D eigenvalue weighted by Gasteiger charge is 2.14. The second kappa shape index (κ2) is 16.3. The summed E-state index contributed by atoms with van der Waals surface area (Å²) in [5.74, 6) is 0. The molecular formula is C19H38N2O5. The Morgan fingerprint density at radius 3 is 2.23 bits per heavy atom. The van der Waals surface area contributed by atoms with Gasteiger partial charge in [-0.1, -0.05) is 6.42 Å². The van der Waals surface area contributed by atoms with Gasteiger partial charge in [0.2, 0.25) is 0 Å². The average Bonchev–Trinajstić information content (AvgIpc) is 2.65.